The first-order chi connectivity index (χ1) is 25.8. The molecule has 0 saturated heterocycles. The molecule has 0 spiro atoms. The van der Waals surface area contributed by atoms with Crippen LogP contribution in [0.3, 0.4) is 0 Å². The fraction of sp³-hybridized carbons (Fsp3) is 0.532. The Kier molecular flexibility index (Phi) is 16.7. The van der Waals surface area contributed by atoms with Crippen LogP contribution in [-0.2, 0) is 18.0 Å². The summed E-state index contributed by atoms with van der Waals surface area (Å²) in [5.41, 5.74) is -1.01. The summed E-state index contributed by atoms with van der Waals surface area (Å²) in [7, 11) is -7.16. The summed E-state index contributed by atoms with van der Waals surface area (Å²) in [6, 6.07) is 21.4. The smallest absolute Gasteiger partial charge is 0.261 e. The summed E-state index contributed by atoms with van der Waals surface area (Å²) in [6.07, 6.45) is 18.2. The number of hydrogen-bond acceptors (Lipinski definition) is 6. The number of aliphatic hydroxyl groups is 2. The number of allylic oxidation sites excluding steroid dienone is 4. The maximum atomic E-state index is 12.1. The number of rotatable bonds is 17. The second kappa shape index (κ2) is 19.5. The van der Waals surface area contributed by atoms with Crippen LogP contribution in [-0.4, -0.2) is 72.0 Å². The van der Waals surface area contributed by atoms with Crippen molar-refractivity contribution < 1.29 is 28.2 Å². The first-order valence-electron chi connectivity index (χ1n) is 20.4. The Morgan fingerprint density at radius 1 is 0.750 bits per heavy atom. The van der Waals surface area contributed by atoms with Gasteiger partial charge in [0.2, 0.25) is 0 Å². The zero-order chi connectivity index (χ0) is 42.1. The third-order valence-corrected chi connectivity index (χ3v) is 26.0. The molecule has 1 aliphatic heterocycles. The molecule has 9 heteroatoms. The molecule has 0 aromatic heterocycles. The number of aliphatic hydroxyl groups excluding tert-OH is 2. The van der Waals surface area contributed by atoms with Gasteiger partial charge in [0.25, 0.3) is 8.32 Å². The predicted octanol–water partition coefficient (Wildman–Crippen LogP) is 10.4. The fourth-order valence-electron chi connectivity index (χ4n) is 6.51. The normalized spacial score (nSPS) is 20.4. The summed E-state index contributed by atoms with van der Waals surface area (Å²) in [5, 5.41) is 24.6. The molecular weight excluding hydrogens is 745 g/mol. The molecule has 56 heavy (non-hydrogen) atoms. The van der Waals surface area contributed by atoms with E-state index in [0.717, 1.165) is 0 Å². The summed E-state index contributed by atoms with van der Waals surface area (Å²) in [5.74, 6) is 0. The lowest BCUT2D eigenvalue weighted by molar-refractivity contribution is -0.0957. The highest BCUT2D eigenvalue weighted by atomic mass is 28.4. The van der Waals surface area contributed by atoms with Crippen molar-refractivity contribution in [3.8, 4) is 0 Å². The van der Waals surface area contributed by atoms with Crippen molar-refractivity contribution in [2.45, 2.75) is 154 Å². The number of hydrogen-bond donors (Lipinski definition) is 2. The van der Waals surface area contributed by atoms with E-state index in [2.05, 4.69) is 161 Å². The van der Waals surface area contributed by atoms with E-state index in [1.807, 2.05) is 49.5 Å². The number of ether oxygens (including phenoxy) is 1. The summed E-state index contributed by atoms with van der Waals surface area (Å²) in [6.45, 7) is 31.5. The average molecular weight is 819 g/mol. The molecule has 1 unspecified atom stereocenters. The third-order valence-electron chi connectivity index (χ3n) is 11.9. The highest BCUT2D eigenvalue weighted by molar-refractivity contribution is 6.99. The molecule has 0 fully saturated rings. The molecule has 2 N–H and O–H groups in total. The first-order valence-corrected chi connectivity index (χ1v) is 28.1. The fourth-order valence-corrected chi connectivity index (χ4v) is 13.9. The van der Waals surface area contributed by atoms with Crippen LogP contribution < -0.4 is 10.4 Å². The standard InChI is InChI=1S/C47H74O6Si3/c1-44(2,3)54(11,12)52-39(37-42(48)47(10,53-55(13,14)45(4,5)6)35-34-38-28-26-33-43(49)51-38)27-20-16-15-17-25-36-50-56(46(7,8)9,40-29-21-18-22-30-40)41-31-23-19-24-32-41/h15-27,29-35,38-39,42-43,48-49H,28,36-37H2,1-14H3/b16-15-,25-17+,27-20-,35-34?/t38-,39+,42-,43?,47-/m1/s1. The minimum absolute atomic E-state index is 0.0127. The minimum Gasteiger partial charge on any atom is -0.410 e. The van der Waals surface area contributed by atoms with Gasteiger partial charge in [0, 0.05) is 6.42 Å². The zero-order valence-electron chi connectivity index (χ0n) is 37.0. The molecular formula is C47H74O6Si3. The molecule has 0 bridgehead atoms. The van der Waals surface area contributed by atoms with Crippen LogP contribution in [0.15, 0.2) is 121 Å². The zero-order valence-corrected chi connectivity index (χ0v) is 40.0. The lowest BCUT2D eigenvalue weighted by Crippen LogP contribution is -2.66. The van der Waals surface area contributed by atoms with E-state index in [0.29, 0.717) is 19.4 Å². The SMILES string of the molecule is CC(C)(C)[Si](C)(C)O[C@@H](\C=C/C=C\C=C\CO[Si](c1ccccc1)(c1ccccc1)C(C)(C)C)C[C@@H](O)[C@@](C)(C=C[C@H]1CC=CC(O)O1)O[Si](C)(C)C(C)(C)C. The highest BCUT2D eigenvalue weighted by Gasteiger charge is 2.50. The van der Waals surface area contributed by atoms with Crippen molar-refractivity contribution in [2.75, 3.05) is 6.61 Å². The van der Waals surface area contributed by atoms with Crippen molar-refractivity contribution in [2.24, 2.45) is 0 Å². The highest BCUT2D eigenvalue weighted by Crippen LogP contribution is 2.42. The van der Waals surface area contributed by atoms with Crippen LogP contribution in [0.25, 0.3) is 0 Å². The van der Waals surface area contributed by atoms with Crippen LogP contribution in [0.4, 0.5) is 0 Å². The molecule has 1 aliphatic rings. The van der Waals surface area contributed by atoms with Crippen LogP contribution in [0.2, 0.25) is 41.3 Å². The van der Waals surface area contributed by atoms with Crippen LogP contribution >= 0.6 is 0 Å². The molecule has 6 nitrogen and oxygen atoms in total. The van der Waals surface area contributed by atoms with Crippen molar-refractivity contribution in [3.63, 3.8) is 0 Å². The largest absolute Gasteiger partial charge is 0.410 e. The van der Waals surface area contributed by atoms with Gasteiger partial charge in [-0.1, -0.05) is 178 Å². The second-order valence-corrected chi connectivity index (χ2v) is 33.3. The minimum atomic E-state index is -2.61. The van der Waals surface area contributed by atoms with Gasteiger partial charge in [-0.2, -0.15) is 0 Å². The van der Waals surface area contributed by atoms with Crippen LogP contribution in [0, 0.1) is 0 Å². The molecule has 0 amide bonds. The Hall–Kier alpha value is -2.45. The van der Waals surface area contributed by atoms with E-state index < -0.39 is 42.9 Å². The molecule has 5 atom stereocenters. The van der Waals surface area contributed by atoms with E-state index in [4.69, 9.17) is 18.0 Å². The Morgan fingerprint density at radius 2 is 1.29 bits per heavy atom. The van der Waals surface area contributed by atoms with E-state index >= 15 is 0 Å². The molecule has 0 saturated carbocycles. The lowest BCUT2D eigenvalue weighted by Gasteiger charge is -2.46. The van der Waals surface area contributed by atoms with Gasteiger partial charge in [-0.3, -0.25) is 0 Å². The van der Waals surface area contributed by atoms with Crippen molar-refractivity contribution in [1.29, 1.82) is 0 Å². The Balaban J connectivity index is 1.86. The third kappa shape index (κ3) is 12.8. The van der Waals surface area contributed by atoms with E-state index in [1.54, 1.807) is 6.08 Å². The Labute approximate surface area is 343 Å². The van der Waals surface area contributed by atoms with Crippen LogP contribution in [0.5, 0.6) is 0 Å². The van der Waals surface area contributed by atoms with Crippen molar-refractivity contribution >= 4 is 35.3 Å². The van der Waals surface area contributed by atoms with Gasteiger partial charge in [-0.05, 0) is 71.1 Å². The predicted molar refractivity (Wildman–Crippen MR) is 244 cm³/mol. The van der Waals surface area contributed by atoms with Gasteiger partial charge < -0.3 is 28.2 Å². The summed E-state index contributed by atoms with van der Waals surface area (Å²) >= 11 is 0. The van der Waals surface area contributed by atoms with Crippen LogP contribution in [0.1, 0.15) is 82.1 Å². The second-order valence-electron chi connectivity index (χ2n) is 19.5. The maximum absolute atomic E-state index is 12.1. The van der Waals surface area contributed by atoms with Gasteiger partial charge in [-0.15, -0.1) is 0 Å². The average Bonchev–Trinajstić information content (AvgIpc) is 3.09. The van der Waals surface area contributed by atoms with Gasteiger partial charge in [-0.25, -0.2) is 0 Å². The van der Waals surface area contributed by atoms with Gasteiger partial charge in [0.05, 0.1) is 30.5 Å². The number of benzene rings is 2. The quantitative estimate of drug-likeness (QED) is 0.0941. The maximum Gasteiger partial charge on any atom is 0.261 e. The van der Waals surface area contributed by atoms with Gasteiger partial charge in [0.1, 0.15) is 0 Å². The van der Waals surface area contributed by atoms with Gasteiger partial charge >= 0.3 is 0 Å². The Morgan fingerprint density at radius 3 is 1.79 bits per heavy atom. The van der Waals surface area contributed by atoms with E-state index in [9.17, 15) is 10.2 Å². The topological polar surface area (TPSA) is 77.4 Å². The Bertz CT molecular complexity index is 1600. The molecule has 1 heterocycles. The van der Waals surface area contributed by atoms with Gasteiger partial charge in [0.15, 0.2) is 22.9 Å². The van der Waals surface area contributed by atoms with E-state index in [-0.39, 0.29) is 27.3 Å². The molecule has 0 aliphatic carbocycles. The monoisotopic (exact) mass is 818 g/mol. The molecule has 3 rings (SSSR count). The molecule has 310 valence electrons. The van der Waals surface area contributed by atoms with E-state index in [1.165, 1.54) is 10.4 Å². The summed E-state index contributed by atoms with van der Waals surface area (Å²) < 4.78 is 26.7. The lowest BCUT2D eigenvalue weighted by atomic mass is 9.93. The van der Waals surface area contributed by atoms with Crippen molar-refractivity contribution in [1.82, 2.24) is 0 Å². The molecule has 2 aromatic carbocycles. The molecule has 2 aromatic rings. The van der Waals surface area contributed by atoms with Crippen molar-refractivity contribution in [3.05, 3.63) is 121 Å². The molecule has 0 radical (unpaired) electrons. The first kappa shape index (κ1) is 47.9. The summed E-state index contributed by atoms with van der Waals surface area (Å²) in [4.78, 5) is 0.